The van der Waals surface area contributed by atoms with Crippen molar-refractivity contribution >= 4 is 65.0 Å². The lowest BCUT2D eigenvalue weighted by atomic mass is 10.1. The molecule has 6 rings (SSSR count). The van der Waals surface area contributed by atoms with E-state index < -0.39 is 99.7 Å². The van der Waals surface area contributed by atoms with Crippen LogP contribution in [0.25, 0.3) is 22.3 Å². The first-order valence-electron chi connectivity index (χ1n) is 14.7. The monoisotopic (exact) mass is 850 g/mol. The summed E-state index contributed by atoms with van der Waals surface area (Å²) in [4.78, 5) is 63.3. The highest BCUT2D eigenvalue weighted by atomic mass is 31.3. The zero-order chi connectivity index (χ0) is 39.4. The van der Waals surface area contributed by atoms with Crippen molar-refractivity contribution in [1.82, 2.24) is 39.0 Å². The van der Waals surface area contributed by atoms with E-state index in [1.54, 1.807) is 0 Å². The summed E-state index contributed by atoms with van der Waals surface area (Å²) in [5.41, 5.74) is 11.9. The first-order chi connectivity index (χ1) is 25.2. The van der Waals surface area contributed by atoms with Crippen molar-refractivity contribution in [3.05, 3.63) is 25.3 Å². The molecule has 4 unspecified atom stereocenters. The second-order valence-electron chi connectivity index (χ2n) is 11.3. The molecule has 6 heterocycles. The number of nitrogen functional groups attached to an aromatic ring is 2. The van der Waals surface area contributed by atoms with Gasteiger partial charge in [-0.1, -0.05) is 0 Å². The summed E-state index contributed by atoms with van der Waals surface area (Å²) < 4.78 is 84.5. The average Bonchev–Trinajstić information content (AvgIpc) is 3.84. The van der Waals surface area contributed by atoms with Crippen LogP contribution in [0.3, 0.4) is 0 Å². The van der Waals surface area contributed by atoms with E-state index in [0.29, 0.717) is 0 Å². The number of ether oxygens (including phenoxy) is 2. The third kappa shape index (κ3) is 8.69. The van der Waals surface area contributed by atoms with E-state index in [9.17, 15) is 58.3 Å². The van der Waals surface area contributed by atoms with Crippen LogP contribution in [0.1, 0.15) is 12.5 Å². The maximum atomic E-state index is 12.4. The topological polar surface area (TPSA) is 434 Å². The minimum absolute atomic E-state index is 0.000416. The van der Waals surface area contributed by atoms with Gasteiger partial charge >= 0.3 is 31.1 Å². The van der Waals surface area contributed by atoms with Crippen LogP contribution in [0.4, 0.5) is 11.6 Å². The Balaban J connectivity index is 0.982. The Morgan fingerprint density at radius 3 is 1.46 bits per heavy atom. The van der Waals surface area contributed by atoms with Gasteiger partial charge in [0.25, 0.3) is 0 Å². The van der Waals surface area contributed by atoms with E-state index in [4.69, 9.17) is 20.9 Å². The molecule has 4 aromatic rings. The largest absolute Gasteiger partial charge is 0.481 e. The first-order valence-corrected chi connectivity index (χ1v) is 21.0. The molecular formula is C21H30N10O19P4. The Kier molecular flexibility index (Phi) is 11.4. The number of fused-ring (bicyclic) bond motifs is 2. The maximum Gasteiger partial charge on any atom is 0.481 e. The molecule has 2 saturated heterocycles. The van der Waals surface area contributed by atoms with Gasteiger partial charge in [-0.25, -0.2) is 47.9 Å². The normalized spacial score (nSPS) is 30.6. The summed E-state index contributed by atoms with van der Waals surface area (Å²) >= 11 is 0. The lowest BCUT2D eigenvalue weighted by Gasteiger charge is -2.21. The van der Waals surface area contributed by atoms with Crippen LogP contribution < -0.4 is 11.5 Å². The van der Waals surface area contributed by atoms with Crippen LogP contribution in [0.15, 0.2) is 25.3 Å². The summed E-state index contributed by atoms with van der Waals surface area (Å²) in [6.45, 7) is -2.07. The highest BCUT2D eigenvalue weighted by molar-refractivity contribution is 7.65. The van der Waals surface area contributed by atoms with Gasteiger partial charge in [-0.15, -0.1) is 0 Å². The fourth-order valence-electron chi connectivity index (χ4n) is 5.17. The molecule has 2 aliphatic rings. The number of anilines is 2. The second kappa shape index (κ2) is 15.2. The number of nitrogens with two attached hydrogens (primary N) is 2. The number of imidazole rings is 2. The van der Waals surface area contributed by atoms with E-state index in [0.717, 1.165) is 19.0 Å². The van der Waals surface area contributed by atoms with E-state index in [-0.39, 0.29) is 34.0 Å². The van der Waals surface area contributed by atoms with Gasteiger partial charge in [-0.05, 0) is 0 Å². The van der Waals surface area contributed by atoms with Gasteiger partial charge in [0.2, 0.25) is 0 Å². The fraction of sp³-hybridized carbons (Fsp3) is 0.524. The van der Waals surface area contributed by atoms with E-state index >= 15 is 0 Å². The van der Waals surface area contributed by atoms with Crippen molar-refractivity contribution < 1.29 is 89.9 Å². The van der Waals surface area contributed by atoms with Gasteiger partial charge in [0.15, 0.2) is 41.7 Å². The zero-order valence-corrected chi connectivity index (χ0v) is 30.2. The van der Waals surface area contributed by atoms with Crippen LogP contribution in [-0.4, -0.2) is 135 Å². The first kappa shape index (κ1) is 40.7. The molecule has 12 atom stereocenters. The Labute approximate surface area is 299 Å². The Bertz CT molecular complexity index is 2060. The fourth-order valence-corrected chi connectivity index (χ4v) is 10.1. The number of phosphoric acid groups is 3. The number of nitrogens with zero attached hydrogens (tertiary/aromatic N) is 8. The number of phosphoric ester groups is 3. The average molecular weight is 850 g/mol. The van der Waals surface area contributed by atoms with Gasteiger partial charge in [0, 0.05) is 0 Å². The molecule has 0 bridgehead atoms. The van der Waals surface area contributed by atoms with E-state index in [1.807, 2.05) is 0 Å². The smallest absolute Gasteiger partial charge is 0.387 e. The van der Waals surface area contributed by atoms with E-state index in [1.165, 1.54) is 15.5 Å². The predicted molar refractivity (Wildman–Crippen MR) is 171 cm³/mol. The number of aliphatic hydroxyl groups is 4. The van der Waals surface area contributed by atoms with Crippen molar-refractivity contribution in [1.29, 1.82) is 0 Å². The summed E-state index contributed by atoms with van der Waals surface area (Å²) in [7, 11) is -22.5. The van der Waals surface area contributed by atoms with Crippen molar-refractivity contribution in [2.24, 2.45) is 0 Å². The number of aromatic nitrogens is 8. The van der Waals surface area contributed by atoms with Gasteiger partial charge in [0.1, 0.15) is 60.3 Å². The molecule has 33 heteroatoms. The standard InChI is InChI=1S/C21H30N10O19P4/c22-16-10-18(26-3-24-16)30(5-28-10)20-14(34)12(32)8(47-20)1-44-52(38,39)49-51(36,37)7-46-54(42,43)50-53(40,41)45-2-9-13(33)15(35)21(48-9)31-6-29-11-17(23)25-4-27-19(11)31/h3-6,8-9,12-15,20-21,32-35H,1-2,7H2,(H,36,37)(H,38,39)(H,40,41)(H,42,43)(H2,22,24,26)(H2,23,25,27)/t8-,9-,12-,13-,14-,15-,20-,21-/m1/s1. The molecule has 0 saturated carbocycles. The SMILES string of the molecule is Nc1ncnc2c1ncn2[C@@H]1O[C@H](COP(=O)(O)OP(=O)(O)COP(=O)(O)OP(=O)(O)OC[C@H]2O[C@@H](n3cnc4c(N)ncnc43)[C@H](O)[C@@H]2O)[C@@H](O)[C@H]1O. The summed E-state index contributed by atoms with van der Waals surface area (Å²) in [5, 5.41) is 41.8. The molecule has 29 nitrogen and oxygen atoms in total. The molecule has 2 aliphatic heterocycles. The lowest BCUT2D eigenvalue weighted by molar-refractivity contribution is -0.0504. The quantitative estimate of drug-likeness (QED) is 0.0557. The Hall–Kier alpha value is -2.98. The number of hydrogen-bond donors (Lipinski definition) is 10. The van der Waals surface area contributed by atoms with Crippen LogP contribution in [0.2, 0.25) is 0 Å². The van der Waals surface area contributed by atoms with Crippen LogP contribution >= 0.6 is 31.1 Å². The predicted octanol–water partition coefficient (Wildman–Crippen LogP) is -2.40. The molecule has 298 valence electrons. The highest BCUT2D eigenvalue weighted by Gasteiger charge is 2.48. The van der Waals surface area contributed by atoms with E-state index in [2.05, 4.69) is 52.1 Å². The third-order valence-corrected chi connectivity index (χ3v) is 13.2. The van der Waals surface area contributed by atoms with Crippen LogP contribution in [0, 0.1) is 0 Å². The van der Waals surface area contributed by atoms with Crippen molar-refractivity contribution in [3.8, 4) is 0 Å². The van der Waals surface area contributed by atoms with Crippen molar-refractivity contribution in [3.63, 3.8) is 0 Å². The molecule has 0 radical (unpaired) electrons. The maximum absolute atomic E-state index is 12.4. The molecular weight excluding hydrogens is 820 g/mol. The van der Waals surface area contributed by atoms with Gasteiger partial charge < -0.3 is 60.9 Å². The third-order valence-electron chi connectivity index (χ3n) is 7.62. The Morgan fingerprint density at radius 2 is 1.02 bits per heavy atom. The summed E-state index contributed by atoms with van der Waals surface area (Å²) in [5.74, 6) is -0.000799. The van der Waals surface area contributed by atoms with Crippen LogP contribution in [-0.2, 0) is 49.9 Å². The molecule has 2 fully saturated rings. The number of hydrogen-bond acceptors (Lipinski definition) is 23. The molecule has 0 aliphatic carbocycles. The van der Waals surface area contributed by atoms with Gasteiger partial charge in [-0.3, -0.25) is 27.3 Å². The lowest BCUT2D eigenvalue weighted by Crippen LogP contribution is -2.33. The minimum atomic E-state index is -5.81. The van der Waals surface area contributed by atoms with Crippen molar-refractivity contribution in [2.75, 3.05) is 31.0 Å². The van der Waals surface area contributed by atoms with Gasteiger partial charge in [-0.2, -0.15) is 4.31 Å². The van der Waals surface area contributed by atoms with Crippen molar-refractivity contribution in [2.45, 2.75) is 49.1 Å². The molecule has 54 heavy (non-hydrogen) atoms. The zero-order valence-electron chi connectivity index (χ0n) is 26.6. The number of aliphatic hydroxyl groups excluding tert-OH is 4. The molecule has 4 aromatic heterocycles. The Morgan fingerprint density at radius 1 is 0.611 bits per heavy atom. The summed E-state index contributed by atoms with van der Waals surface area (Å²) in [6.07, 6.45) is -10.1. The highest BCUT2D eigenvalue weighted by Crippen LogP contribution is 2.65. The van der Waals surface area contributed by atoms with Crippen LogP contribution in [0.5, 0.6) is 0 Å². The number of rotatable bonds is 15. The molecule has 0 amide bonds. The van der Waals surface area contributed by atoms with Gasteiger partial charge in [0.05, 0.1) is 25.9 Å². The molecule has 0 spiro atoms. The molecule has 0 aromatic carbocycles. The minimum Gasteiger partial charge on any atom is -0.387 e. The molecule has 12 N–H and O–H groups in total. The summed E-state index contributed by atoms with van der Waals surface area (Å²) in [6, 6.07) is 0. The second-order valence-corrected chi connectivity index (χ2v) is 17.7.